The number of rotatable bonds is 7. The van der Waals surface area contributed by atoms with E-state index in [2.05, 4.69) is 44.0 Å². The van der Waals surface area contributed by atoms with E-state index >= 15 is 0 Å². The van der Waals surface area contributed by atoms with Gasteiger partial charge in [0.2, 0.25) is 0 Å². The maximum atomic E-state index is 13.2. The van der Waals surface area contributed by atoms with Crippen LogP contribution in [0.4, 0.5) is 16.2 Å². The van der Waals surface area contributed by atoms with Crippen LogP contribution in [0.2, 0.25) is 0 Å². The van der Waals surface area contributed by atoms with Gasteiger partial charge < -0.3 is 16.0 Å². The molecule has 0 atom stereocenters. The number of hydrogen-bond acceptors (Lipinski definition) is 3. The van der Waals surface area contributed by atoms with Crippen LogP contribution in [0.5, 0.6) is 0 Å². The van der Waals surface area contributed by atoms with Crippen molar-refractivity contribution in [3.63, 3.8) is 0 Å². The van der Waals surface area contributed by atoms with Gasteiger partial charge in [-0.3, -0.25) is 14.3 Å². The zero-order valence-corrected chi connectivity index (χ0v) is 24.8. The summed E-state index contributed by atoms with van der Waals surface area (Å²) < 4.78 is 4.26. The first-order chi connectivity index (χ1) is 19.8. The normalized spacial score (nSPS) is 14.3. The zero-order valence-electron chi connectivity index (χ0n) is 23.2. The number of amides is 3. The first-order valence-corrected chi connectivity index (χ1v) is 14.6. The summed E-state index contributed by atoms with van der Waals surface area (Å²) in [7, 11) is 1.77. The Morgan fingerprint density at radius 2 is 1.63 bits per heavy atom. The van der Waals surface area contributed by atoms with Crippen molar-refractivity contribution >= 4 is 39.2 Å². The Hall–Kier alpha value is -4.11. The van der Waals surface area contributed by atoms with Crippen LogP contribution < -0.4 is 21.5 Å². The van der Waals surface area contributed by atoms with Crippen molar-refractivity contribution in [2.45, 2.75) is 44.4 Å². The Morgan fingerprint density at radius 3 is 2.37 bits per heavy atom. The zero-order chi connectivity index (χ0) is 29.0. The van der Waals surface area contributed by atoms with Crippen LogP contribution in [0.15, 0.2) is 88.1 Å². The van der Waals surface area contributed by atoms with Crippen molar-refractivity contribution in [3.8, 4) is 5.69 Å². The molecule has 3 N–H and O–H groups in total. The minimum Gasteiger partial charge on any atom is -0.337 e. The molecule has 5 rings (SSSR count). The SMILES string of the molecule is Cc1c(NC(=O)c2cccc(NC(=O)NCC3(c4cccc(Br)c4)CCCCC3)c2)c(=O)n(-c2ccccc2)n1C. The molecule has 41 heavy (non-hydrogen) atoms. The van der Waals surface area contributed by atoms with E-state index in [1.807, 2.05) is 42.5 Å². The maximum absolute atomic E-state index is 13.2. The highest BCUT2D eigenvalue weighted by Gasteiger charge is 2.34. The monoisotopic (exact) mass is 615 g/mol. The molecule has 0 saturated heterocycles. The molecule has 1 aromatic heterocycles. The molecule has 4 aromatic rings. The van der Waals surface area contributed by atoms with E-state index < -0.39 is 5.91 Å². The lowest BCUT2D eigenvalue weighted by molar-refractivity contribution is 0.102. The van der Waals surface area contributed by atoms with Gasteiger partial charge in [-0.2, -0.15) is 0 Å². The lowest BCUT2D eigenvalue weighted by atomic mass is 9.69. The Balaban J connectivity index is 1.27. The Morgan fingerprint density at radius 1 is 0.902 bits per heavy atom. The maximum Gasteiger partial charge on any atom is 0.319 e. The summed E-state index contributed by atoms with van der Waals surface area (Å²) in [5.74, 6) is -0.434. The van der Waals surface area contributed by atoms with Crippen LogP contribution in [0.3, 0.4) is 0 Å². The third kappa shape index (κ3) is 6.15. The number of benzene rings is 3. The van der Waals surface area contributed by atoms with Gasteiger partial charge in [0.1, 0.15) is 5.69 Å². The summed E-state index contributed by atoms with van der Waals surface area (Å²) in [6, 6.07) is 24.0. The van der Waals surface area contributed by atoms with Crippen molar-refractivity contribution < 1.29 is 9.59 Å². The average Bonchev–Trinajstić information content (AvgIpc) is 3.20. The van der Waals surface area contributed by atoms with Crippen LogP contribution in [0, 0.1) is 6.92 Å². The van der Waals surface area contributed by atoms with Crippen molar-refractivity contribution in [2.24, 2.45) is 7.05 Å². The molecule has 3 aromatic carbocycles. The van der Waals surface area contributed by atoms with Crippen molar-refractivity contribution in [2.75, 3.05) is 17.2 Å². The number of para-hydroxylation sites is 1. The second kappa shape index (κ2) is 12.2. The molecule has 8 nitrogen and oxygen atoms in total. The molecule has 0 aliphatic heterocycles. The van der Waals surface area contributed by atoms with Crippen molar-refractivity contribution in [3.05, 3.63) is 111 Å². The molecule has 0 spiro atoms. The van der Waals surface area contributed by atoms with Gasteiger partial charge in [-0.1, -0.05) is 71.6 Å². The fourth-order valence-corrected chi connectivity index (χ4v) is 6.07. The minimum absolute atomic E-state index is 0.110. The Kier molecular flexibility index (Phi) is 8.44. The van der Waals surface area contributed by atoms with E-state index in [-0.39, 0.29) is 22.7 Å². The molecule has 1 heterocycles. The van der Waals surface area contributed by atoms with E-state index in [9.17, 15) is 14.4 Å². The number of halogens is 1. The highest BCUT2D eigenvalue weighted by atomic mass is 79.9. The quantitative estimate of drug-likeness (QED) is 0.221. The molecule has 1 fully saturated rings. The highest BCUT2D eigenvalue weighted by molar-refractivity contribution is 9.10. The minimum atomic E-state index is -0.434. The molecule has 1 saturated carbocycles. The second-order valence-corrected chi connectivity index (χ2v) is 11.5. The fourth-order valence-electron chi connectivity index (χ4n) is 5.68. The average molecular weight is 617 g/mol. The third-order valence-corrected chi connectivity index (χ3v) is 8.50. The van der Waals surface area contributed by atoms with E-state index in [4.69, 9.17) is 0 Å². The molecule has 0 unspecified atom stereocenters. The van der Waals surface area contributed by atoms with Crippen LogP contribution in [0.1, 0.15) is 53.7 Å². The largest absolute Gasteiger partial charge is 0.337 e. The predicted molar refractivity (Wildman–Crippen MR) is 166 cm³/mol. The number of urea groups is 1. The van der Waals surface area contributed by atoms with Crippen molar-refractivity contribution in [1.82, 2.24) is 14.7 Å². The molecule has 0 bridgehead atoms. The first-order valence-electron chi connectivity index (χ1n) is 13.8. The lowest BCUT2D eigenvalue weighted by Gasteiger charge is -2.38. The lowest BCUT2D eigenvalue weighted by Crippen LogP contribution is -2.43. The molecule has 1 aliphatic rings. The summed E-state index contributed by atoms with van der Waals surface area (Å²) in [5, 5.41) is 8.72. The van der Waals surface area contributed by atoms with Gasteiger partial charge in [0, 0.05) is 34.7 Å². The van der Waals surface area contributed by atoms with Gasteiger partial charge in [0.05, 0.1) is 11.4 Å². The number of nitrogens with zero attached hydrogens (tertiary/aromatic N) is 2. The van der Waals surface area contributed by atoms with Gasteiger partial charge >= 0.3 is 6.03 Å². The molecule has 1 aliphatic carbocycles. The van der Waals surface area contributed by atoms with Crippen LogP contribution in [-0.2, 0) is 12.5 Å². The summed E-state index contributed by atoms with van der Waals surface area (Å²) >= 11 is 3.59. The summed E-state index contributed by atoms with van der Waals surface area (Å²) in [5.41, 5.74) is 3.16. The molecule has 3 amide bonds. The third-order valence-electron chi connectivity index (χ3n) is 8.01. The molecule has 0 radical (unpaired) electrons. The van der Waals surface area contributed by atoms with E-state index in [0.717, 1.165) is 30.2 Å². The predicted octanol–water partition coefficient (Wildman–Crippen LogP) is 6.52. The summed E-state index contributed by atoms with van der Waals surface area (Å²) in [6.07, 6.45) is 5.50. The number of carbonyl (C=O) groups excluding carboxylic acids is 2. The number of carbonyl (C=O) groups is 2. The van der Waals surface area contributed by atoms with E-state index in [1.54, 1.807) is 42.9 Å². The summed E-state index contributed by atoms with van der Waals surface area (Å²) in [4.78, 5) is 39.3. The Bertz CT molecular complexity index is 1620. The van der Waals surface area contributed by atoms with Gasteiger partial charge in [-0.25, -0.2) is 9.48 Å². The smallest absolute Gasteiger partial charge is 0.319 e. The van der Waals surface area contributed by atoms with Crippen molar-refractivity contribution in [1.29, 1.82) is 0 Å². The second-order valence-electron chi connectivity index (χ2n) is 10.6. The fraction of sp³-hybridized carbons (Fsp3) is 0.281. The van der Waals surface area contributed by atoms with Crippen LogP contribution >= 0.6 is 15.9 Å². The Labute approximate surface area is 247 Å². The van der Waals surface area contributed by atoms with Crippen LogP contribution in [0.25, 0.3) is 5.69 Å². The van der Waals surface area contributed by atoms with Gasteiger partial charge in [0.15, 0.2) is 0 Å². The molecule has 212 valence electrons. The highest BCUT2D eigenvalue weighted by Crippen LogP contribution is 2.39. The van der Waals surface area contributed by atoms with Crippen LogP contribution in [-0.4, -0.2) is 27.8 Å². The van der Waals surface area contributed by atoms with Gasteiger partial charge in [0.25, 0.3) is 11.5 Å². The number of nitrogens with one attached hydrogen (secondary N) is 3. The van der Waals surface area contributed by atoms with Gasteiger partial charge in [-0.05, 0) is 67.8 Å². The number of hydrogen-bond donors (Lipinski definition) is 3. The molecular weight excluding hydrogens is 582 g/mol. The first kappa shape index (κ1) is 28.4. The number of anilines is 2. The van der Waals surface area contributed by atoms with E-state index in [0.29, 0.717) is 29.2 Å². The molecule has 9 heteroatoms. The summed E-state index contributed by atoms with van der Waals surface area (Å²) in [6.45, 7) is 2.31. The number of aromatic nitrogens is 2. The topological polar surface area (TPSA) is 97.2 Å². The van der Waals surface area contributed by atoms with E-state index in [1.165, 1.54) is 16.7 Å². The standard InChI is InChI=1S/C32H34BrN5O3/c1-22-28(30(40)38(37(22)2)27-15-5-3-6-16-27)36-29(39)23-11-9-14-26(19-23)35-31(41)34-21-32(17-7-4-8-18-32)24-12-10-13-25(33)20-24/h3,5-6,9-16,19-20H,4,7-8,17-18,21H2,1-2H3,(H,36,39)(H2,34,35,41). The van der Waals surface area contributed by atoms with Gasteiger partial charge in [-0.15, -0.1) is 0 Å². The molecular formula is C32H34BrN5O3.